The molecular weight excluding hydrogens is 646 g/mol. The van der Waals surface area contributed by atoms with Crippen LogP contribution in [0.25, 0.3) is 10.2 Å². The van der Waals surface area contributed by atoms with Gasteiger partial charge in [0.05, 0.1) is 30.0 Å². The van der Waals surface area contributed by atoms with E-state index in [1.54, 1.807) is 18.2 Å². The summed E-state index contributed by atoms with van der Waals surface area (Å²) < 4.78 is 38.1. The Morgan fingerprint density at radius 3 is 2.60 bits per heavy atom. The van der Waals surface area contributed by atoms with Crippen molar-refractivity contribution in [3.63, 3.8) is 0 Å². The first kappa shape index (κ1) is 30.1. The monoisotopic (exact) mass is 671 g/mol. The predicted molar refractivity (Wildman–Crippen MR) is 154 cm³/mol. The van der Waals surface area contributed by atoms with Crippen LogP contribution in [0.15, 0.2) is 27.7 Å². The number of halogens is 1. The van der Waals surface area contributed by atoms with E-state index in [4.69, 9.17) is 9.47 Å². The fraction of sp³-hybridized carbons (Fsp3) is 0.400. The lowest BCUT2D eigenvalue weighted by Crippen LogP contribution is -2.29. The number of amides is 2. The zero-order valence-electron chi connectivity index (χ0n) is 21.8. The fourth-order valence-corrected chi connectivity index (χ4v) is 8.40. The molecule has 2 aromatic heterocycles. The highest BCUT2D eigenvalue weighted by Gasteiger charge is 2.30. The molecule has 0 bridgehead atoms. The maximum atomic E-state index is 12.8. The second kappa shape index (κ2) is 12.3. The Kier molecular flexibility index (Phi) is 9.27. The Morgan fingerprint density at radius 2 is 1.90 bits per heavy atom. The number of anilines is 1. The summed E-state index contributed by atoms with van der Waals surface area (Å²) in [6.07, 6.45) is 2.29. The van der Waals surface area contributed by atoms with E-state index in [1.165, 1.54) is 30.1 Å². The van der Waals surface area contributed by atoms with Gasteiger partial charge in [-0.3, -0.25) is 14.4 Å². The summed E-state index contributed by atoms with van der Waals surface area (Å²) in [4.78, 5) is 54.8. The lowest BCUT2D eigenvalue weighted by molar-refractivity contribution is -0.141. The maximum Gasteiger partial charge on any atom is 0.341 e. The molecule has 1 atom stereocenters. The summed E-state index contributed by atoms with van der Waals surface area (Å²) in [6.45, 7) is 1.87. The second-order valence-corrected chi connectivity index (χ2v) is 14.4. The summed E-state index contributed by atoms with van der Waals surface area (Å²) in [5, 5.41) is 2.78. The third-order valence-electron chi connectivity index (χ3n) is 6.23. The van der Waals surface area contributed by atoms with Gasteiger partial charge < -0.3 is 19.4 Å². The number of thiophene rings is 1. The summed E-state index contributed by atoms with van der Waals surface area (Å²) in [7, 11) is -1.74. The molecule has 0 radical (unpaired) electrons. The van der Waals surface area contributed by atoms with Crippen molar-refractivity contribution in [2.45, 2.75) is 32.7 Å². The Balaban J connectivity index is 1.53. The number of methoxy groups -OCH3 is 2. The molecule has 1 unspecified atom stereocenters. The van der Waals surface area contributed by atoms with Crippen LogP contribution in [0.5, 0.6) is 0 Å². The number of aromatic nitrogens is 1. The molecule has 3 aromatic rings. The highest BCUT2D eigenvalue weighted by molar-refractivity contribution is 9.10. The minimum absolute atomic E-state index is 0.115. The molecule has 214 valence electrons. The van der Waals surface area contributed by atoms with Gasteiger partial charge in [-0.15, -0.1) is 11.3 Å². The number of carbonyl (C=O) groups is 4. The minimum atomic E-state index is -4.22. The molecular formula is C25H26BrN3O8S3. The topological polar surface area (TPSA) is 150 Å². The molecule has 15 heteroatoms. The molecule has 2 amide bonds. The van der Waals surface area contributed by atoms with Gasteiger partial charge in [0.25, 0.3) is 5.91 Å². The van der Waals surface area contributed by atoms with Crippen molar-refractivity contribution >= 4 is 87.4 Å². The molecule has 0 aliphatic heterocycles. The first-order valence-electron chi connectivity index (χ1n) is 12.1. The quantitative estimate of drug-likeness (QED) is 0.359. The Bertz CT molecular complexity index is 1690. The van der Waals surface area contributed by atoms with Crippen LogP contribution >= 0.6 is 38.6 Å². The second-order valence-electron chi connectivity index (χ2n) is 9.29. The molecule has 0 saturated carbocycles. The number of nitrogens with zero attached hydrogens (tertiary/aromatic N) is 2. The van der Waals surface area contributed by atoms with E-state index < -0.39 is 45.1 Å². The third kappa shape index (κ3) is 6.87. The van der Waals surface area contributed by atoms with Crippen LogP contribution in [0.2, 0.25) is 0 Å². The number of carbonyl (C=O) groups excluding carboxylic acids is 4. The van der Waals surface area contributed by atoms with Gasteiger partial charge in [-0.2, -0.15) is 4.99 Å². The van der Waals surface area contributed by atoms with E-state index in [1.807, 2.05) is 0 Å². The van der Waals surface area contributed by atoms with E-state index in [0.29, 0.717) is 22.6 Å². The molecule has 1 aromatic carbocycles. The van der Waals surface area contributed by atoms with Gasteiger partial charge in [0.2, 0.25) is 5.91 Å². The van der Waals surface area contributed by atoms with Crippen molar-refractivity contribution in [2.75, 3.05) is 31.0 Å². The van der Waals surface area contributed by atoms with E-state index in [2.05, 4.69) is 33.2 Å². The van der Waals surface area contributed by atoms with E-state index in [9.17, 15) is 27.6 Å². The highest BCUT2D eigenvalue weighted by atomic mass is 79.9. The van der Waals surface area contributed by atoms with Gasteiger partial charge in [0, 0.05) is 9.35 Å². The summed E-state index contributed by atoms with van der Waals surface area (Å²) in [5.74, 6) is -4.62. The fourth-order valence-electron chi connectivity index (χ4n) is 4.38. The number of thiazole rings is 1. The molecule has 1 aliphatic rings. The lowest BCUT2D eigenvalue weighted by atomic mass is 9.88. The number of ether oxygens (including phenoxy) is 2. The van der Waals surface area contributed by atoms with E-state index in [-0.39, 0.29) is 21.9 Å². The van der Waals surface area contributed by atoms with Gasteiger partial charge in [-0.1, -0.05) is 34.2 Å². The van der Waals surface area contributed by atoms with Crippen molar-refractivity contribution < 1.29 is 37.1 Å². The van der Waals surface area contributed by atoms with E-state index >= 15 is 0 Å². The van der Waals surface area contributed by atoms with Crippen molar-refractivity contribution in [1.29, 1.82) is 0 Å². The van der Waals surface area contributed by atoms with Crippen LogP contribution in [0, 0.1) is 5.92 Å². The third-order valence-corrected chi connectivity index (χ3v) is 10.3. The molecule has 40 heavy (non-hydrogen) atoms. The smallest absolute Gasteiger partial charge is 0.341 e. The highest BCUT2D eigenvalue weighted by Crippen LogP contribution is 2.40. The average molecular weight is 673 g/mol. The molecule has 0 fully saturated rings. The number of rotatable bonds is 8. The van der Waals surface area contributed by atoms with Crippen LogP contribution < -0.4 is 10.1 Å². The van der Waals surface area contributed by atoms with Gasteiger partial charge in [-0.25, -0.2) is 13.2 Å². The zero-order valence-corrected chi connectivity index (χ0v) is 25.9. The van der Waals surface area contributed by atoms with E-state index in [0.717, 1.165) is 39.1 Å². The zero-order chi connectivity index (χ0) is 29.2. The van der Waals surface area contributed by atoms with Crippen LogP contribution in [-0.2, 0) is 53.1 Å². The molecule has 4 rings (SSSR count). The first-order valence-corrected chi connectivity index (χ1v) is 16.3. The van der Waals surface area contributed by atoms with Crippen LogP contribution in [-0.4, -0.2) is 62.5 Å². The van der Waals surface area contributed by atoms with Crippen molar-refractivity contribution in [3.8, 4) is 0 Å². The van der Waals surface area contributed by atoms with Crippen LogP contribution in [0.4, 0.5) is 5.00 Å². The Labute approximate surface area is 246 Å². The standard InChI is InChI=1S/C25H26BrN3O8S3/c1-13-4-6-15-17(8-13)38-23(22(15)24(33)37-3)27-19(30)11-40(34,35)12-20(31)28-25-29(10-21(32)36-2)16-7-5-14(26)9-18(16)39-25/h5,7,9,13H,4,6,8,10-12H2,1-3H3,(H,27,30). The summed E-state index contributed by atoms with van der Waals surface area (Å²) in [6, 6.07) is 5.27. The molecule has 0 saturated heterocycles. The number of sulfone groups is 1. The molecule has 11 nitrogen and oxygen atoms in total. The Morgan fingerprint density at radius 1 is 1.15 bits per heavy atom. The predicted octanol–water partition coefficient (Wildman–Crippen LogP) is 3.09. The SMILES string of the molecule is COC(=O)Cn1c(=NC(=O)CS(=O)(=O)CC(=O)Nc2sc3c(c2C(=O)OC)CCC(C)C3)sc2cc(Br)ccc21. The minimum Gasteiger partial charge on any atom is -0.468 e. The number of esters is 2. The van der Waals surface area contributed by atoms with Gasteiger partial charge in [0.15, 0.2) is 14.6 Å². The van der Waals surface area contributed by atoms with Crippen molar-refractivity contribution in [1.82, 2.24) is 4.57 Å². The normalized spacial score (nSPS) is 15.5. The van der Waals surface area contributed by atoms with Crippen molar-refractivity contribution in [2.24, 2.45) is 10.9 Å². The molecule has 1 aliphatic carbocycles. The largest absolute Gasteiger partial charge is 0.468 e. The lowest BCUT2D eigenvalue weighted by Gasteiger charge is -2.18. The average Bonchev–Trinajstić information content (AvgIpc) is 3.38. The number of benzene rings is 1. The first-order chi connectivity index (χ1) is 18.9. The van der Waals surface area contributed by atoms with Crippen LogP contribution in [0.1, 0.15) is 34.1 Å². The Hall–Kier alpha value is -2.88. The maximum absolute atomic E-state index is 12.8. The van der Waals surface area contributed by atoms with Gasteiger partial charge in [0.1, 0.15) is 23.1 Å². The molecule has 0 spiro atoms. The number of nitrogens with one attached hydrogen (secondary N) is 1. The number of fused-ring (bicyclic) bond motifs is 2. The summed E-state index contributed by atoms with van der Waals surface area (Å²) in [5.41, 5.74) is 1.68. The molecule has 2 heterocycles. The van der Waals surface area contributed by atoms with Crippen LogP contribution in [0.3, 0.4) is 0 Å². The number of hydrogen-bond acceptors (Lipinski definition) is 10. The van der Waals surface area contributed by atoms with Crippen molar-refractivity contribution in [3.05, 3.63) is 43.5 Å². The number of hydrogen-bond donors (Lipinski definition) is 1. The summed E-state index contributed by atoms with van der Waals surface area (Å²) >= 11 is 5.71. The molecule has 1 N–H and O–H groups in total. The van der Waals surface area contributed by atoms with Gasteiger partial charge >= 0.3 is 11.9 Å². The van der Waals surface area contributed by atoms with Gasteiger partial charge in [-0.05, 0) is 48.9 Å².